The molecule has 4 nitrogen and oxygen atoms in total. The Balaban J connectivity index is 2.64. The number of hydrogen-bond donors (Lipinski definition) is 0. The molecule has 0 saturated carbocycles. The zero-order chi connectivity index (χ0) is 10.6. The van der Waals surface area contributed by atoms with Crippen molar-refractivity contribution in [3.05, 3.63) is 42.2 Å². The Morgan fingerprint density at radius 3 is 2.36 bits per heavy atom. The highest BCUT2D eigenvalue weighted by molar-refractivity contribution is 5.85. The fourth-order valence-corrected chi connectivity index (χ4v) is 0.766. The van der Waals surface area contributed by atoms with E-state index in [0.29, 0.717) is 11.5 Å². The molecular formula is C10H9O4-. The molecule has 0 amide bonds. The predicted molar refractivity (Wildman–Crippen MR) is 47.3 cm³/mol. The number of carboxylic acid groups (broad SMARTS) is 1. The molecule has 0 aliphatic rings. The van der Waals surface area contributed by atoms with Crippen LogP contribution in [0.25, 0.3) is 0 Å². The third-order valence-electron chi connectivity index (χ3n) is 1.37. The molecule has 0 atom stereocenters. The van der Waals surface area contributed by atoms with Gasteiger partial charge >= 0.3 is 0 Å². The largest absolute Gasteiger partial charge is 0.545 e. The van der Waals surface area contributed by atoms with Gasteiger partial charge in [-0.05, 0) is 36.8 Å². The van der Waals surface area contributed by atoms with Crippen molar-refractivity contribution in [3.63, 3.8) is 0 Å². The molecule has 14 heavy (non-hydrogen) atoms. The van der Waals surface area contributed by atoms with Gasteiger partial charge in [-0.15, -0.1) is 0 Å². The Kier molecular flexibility index (Phi) is 3.12. The molecule has 0 aromatic heterocycles. The second kappa shape index (κ2) is 4.32. The fourth-order valence-electron chi connectivity index (χ4n) is 0.766. The number of carbonyl (C=O) groups excluding carboxylic acids is 1. The number of rotatable bonds is 4. The zero-order valence-corrected chi connectivity index (χ0v) is 7.65. The zero-order valence-electron chi connectivity index (χ0n) is 7.65. The summed E-state index contributed by atoms with van der Waals surface area (Å²) in [7, 11) is 0. The number of hydrogen-bond acceptors (Lipinski definition) is 4. The van der Waals surface area contributed by atoms with E-state index in [4.69, 9.17) is 4.89 Å². The van der Waals surface area contributed by atoms with Crippen LogP contribution in [-0.2, 0) is 4.89 Å². The third-order valence-corrected chi connectivity index (χ3v) is 1.37. The molecule has 4 heteroatoms. The maximum atomic E-state index is 10.4. The molecule has 1 aromatic carbocycles. The summed E-state index contributed by atoms with van der Waals surface area (Å²) < 4.78 is 0. The van der Waals surface area contributed by atoms with Crippen molar-refractivity contribution in [1.82, 2.24) is 0 Å². The van der Waals surface area contributed by atoms with Gasteiger partial charge in [0.25, 0.3) is 0 Å². The van der Waals surface area contributed by atoms with Crippen molar-refractivity contribution >= 4 is 5.97 Å². The molecule has 0 saturated heterocycles. The van der Waals surface area contributed by atoms with E-state index in [-0.39, 0.29) is 5.56 Å². The average molecular weight is 193 g/mol. The third kappa shape index (κ3) is 2.82. The highest BCUT2D eigenvalue weighted by Crippen LogP contribution is 2.12. The summed E-state index contributed by atoms with van der Waals surface area (Å²) in [5.74, 6) is -0.413. The summed E-state index contributed by atoms with van der Waals surface area (Å²) in [5.41, 5.74) is 0.0904. The average Bonchev–Trinajstić information content (AvgIpc) is 2.15. The Bertz CT molecular complexity index is 340. The lowest BCUT2D eigenvalue weighted by Crippen LogP contribution is -2.21. The van der Waals surface area contributed by atoms with Crippen LogP contribution in [0.15, 0.2) is 36.6 Å². The van der Waals surface area contributed by atoms with Crippen molar-refractivity contribution in [3.8, 4) is 5.75 Å². The standard InChI is InChI=1S/C10H10O4/c1-7(2)13-14-9-5-3-8(4-6-9)10(11)12/h3-6H,1H2,2H3,(H,11,12)/p-1. The normalized spacial score (nSPS) is 9.21. The SMILES string of the molecule is C=C(C)OOc1ccc(C(=O)[O-])cc1. The first-order chi connectivity index (χ1) is 6.59. The number of aromatic carboxylic acids is 1. The topological polar surface area (TPSA) is 58.6 Å². The molecule has 0 fully saturated rings. The van der Waals surface area contributed by atoms with Crippen molar-refractivity contribution in [2.24, 2.45) is 0 Å². The second-order valence-electron chi connectivity index (χ2n) is 2.68. The van der Waals surface area contributed by atoms with Gasteiger partial charge in [0.05, 0.1) is 5.97 Å². The molecular weight excluding hydrogens is 184 g/mol. The molecule has 0 heterocycles. The van der Waals surface area contributed by atoms with E-state index in [9.17, 15) is 9.90 Å². The molecule has 1 rings (SSSR count). The monoisotopic (exact) mass is 193 g/mol. The van der Waals surface area contributed by atoms with Crippen LogP contribution in [0.3, 0.4) is 0 Å². The Labute approximate surface area is 81.3 Å². The molecule has 0 aliphatic carbocycles. The van der Waals surface area contributed by atoms with Crippen LogP contribution < -0.4 is 9.99 Å². The molecule has 0 bridgehead atoms. The molecule has 0 unspecified atom stereocenters. The smallest absolute Gasteiger partial charge is 0.178 e. The van der Waals surface area contributed by atoms with E-state index in [2.05, 4.69) is 11.5 Å². The lowest BCUT2D eigenvalue weighted by molar-refractivity contribution is -0.255. The Morgan fingerprint density at radius 2 is 1.93 bits per heavy atom. The van der Waals surface area contributed by atoms with Crippen LogP contribution in [0.1, 0.15) is 17.3 Å². The number of carbonyl (C=O) groups is 1. The maximum absolute atomic E-state index is 10.4. The molecule has 0 radical (unpaired) electrons. The summed E-state index contributed by atoms with van der Waals surface area (Å²) in [5, 5.41) is 10.4. The predicted octanol–water partition coefficient (Wildman–Crippen LogP) is 0.894. The van der Waals surface area contributed by atoms with Crippen LogP contribution in [0.4, 0.5) is 0 Å². The van der Waals surface area contributed by atoms with Gasteiger partial charge in [-0.25, -0.2) is 0 Å². The number of benzene rings is 1. The minimum absolute atomic E-state index is 0.0904. The minimum atomic E-state index is -1.22. The van der Waals surface area contributed by atoms with E-state index in [1.165, 1.54) is 24.3 Å². The van der Waals surface area contributed by atoms with Gasteiger partial charge in [0.15, 0.2) is 5.75 Å². The first-order valence-electron chi connectivity index (χ1n) is 3.91. The van der Waals surface area contributed by atoms with E-state index in [1.54, 1.807) is 6.92 Å². The van der Waals surface area contributed by atoms with Gasteiger partial charge in [0, 0.05) is 0 Å². The van der Waals surface area contributed by atoms with Crippen LogP contribution in [-0.4, -0.2) is 5.97 Å². The summed E-state index contributed by atoms with van der Waals surface area (Å²) in [6, 6.07) is 5.67. The number of carboxylic acids is 1. The summed E-state index contributed by atoms with van der Waals surface area (Å²) in [4.78, 5) is 19.8. The quantitative estimate of drug-likeness (QED) is 0.405. The Morgan fingerprint density at radius 1 is 1.36 bits per heavy atom. The van der Waals surface area contributed by atoms with Crippen molar-refractivity contribution in [2.75, 3.05) is 0 Å². The van der Waals surface area contributed by atoms with E-state index >= 15 is 0 Å². The first kappa shape index (κ1) is 10.1. The molecule has 0 N–H and O–H groups in total. The van der Waals surface area contributed by atoms with Gasteiger partial charge in [-0.3, -0.25) is 9.78 Å². The minimum Gasteiger partial charge on any atom is -0.545 e. The van der Waals surface area contributed by atoms with Crippen molar-refractivity contribution in [1.29, 1.82) is 0 Å². The summed E-state index contributed by atoms with van der Waals surface area (Å²) in [6.07, 6.45) is 0. The Hall–Kier alpha value is -1.97. The first-order valence-corrected chi connectivity index (χ1v) is 3.91. The van der Waals surface area contributed by atoms with Gasteiger partial charge in [-0.2, -0.15) is 0 Å². The molecule has 0 aliphatic heterocycles. The van der Waals surface area contributed by atoms with Crippen molar-refractivity contribution < 1.29 is 19.7 Å². The van der Waals surface area contributed by atoms with Crippen LogP contribution in [0, 0.1) is 0 Å². The highest BCUT2D eigenvalue weighted by Gasteiger charge is 1.96. The fraction of sp³-hybridized carbons (Fsp3) is 0.100. The lowest BCUT2D eigenvalue weighted by Gasteiger charge is -2.06. The van der Waals surface area contributed by atoms with Crippen LogP contribution in [0.5, 0.6) is 5.75 Å². The van der Waals surface area contributed by atoms with E-state index in [1.807, 2.05) is 0 Å². The maximum Gasteiger partial charge on any atom is 0.178 e. The summed E-state index contributed by atoms with van der Waals surface area (Å²) in [6.45, 7) is 5.10. The van der Waals surface area contributed by atoms with E-state index in [0.717, 1.165) is 0 Å². The van der Waals surface area contributed by atoms with Gasteiger partial charge in [0.1, 0.15) is 5.76 Å². The highest BCUT2D eigenvalue weighted by atomic mass is 17.2. The van der Waals surface area contributed by atoms with Gasteiger partial charge < -0.3 is 9.90 Å². The number of allylic oxidation sites excluding steroid dienone is 1. The van der Waals surface area contributed by atoms with Crippen LogP contribution >= 0.6 is 0 Å². The second-order valence-corrected chi connectivity index (χ2v) is 2.68. The molecule has 74 valence electrons. The summed E-state index contributed by atoms with van der Waals surface area (Å²) >= 11 is 0. The van der Waals surface area contributed by atoms with Gasteiger partial charge in [0.2, 0.25) is 0 Å². The molecule has 1 aromatic rings. The van der Waals surface area contributed by atoms with E-state index < -0.39 is 5.97 Å². The lowest BCUT2D eigenvalue weighted by atomic mass is 10.2. The molecule has 0 spiro atoms. The van der Waals surface area contributed by atoms with Gasteiger partial charge in [-0.1, -0.05) is 6.58 Å². The van der Waals surface area contributed by atoms with Crippen molar-refractivity contribution in [2.45, 2.75) is 6.92 Å². The van der Waals surface area contributed by atoms with Crippen LogP contribution in [0.2, 0.25) is 0 Å².